The lowest BCUT2D eigenvalue weighted by Gasteiger charge is -2.63. The highest BCUT2D eigenvalue weighted by molar-refractivity contribution is 8.14. The third-order valence-electron chi connectivity index (χ3n) is 10.2. The van der Waals surface area contributed by atoms with Crippen LogP contribution in [0, 0.1) is 34.0 Å². The third-order valence-corrected chi connectivity index (χ3v) is 11.2. The van der Waals surface area contributed by atoms with Crippen LogP contribution in [0.2, 0.25) is 0 Å². The Hall–Kier alpha value is -1.87. The van der Waals surface area contributed by atoms with Gasteiger partial charge in [0, 0.05) is 34.5 Å². The molecular formula is C30H40F2O6S. The summed E-state index contributed by atoms with van der Waals surface area (Å²) in [7, 11) is 0. The molecule has 3 saturated carbocycles. The van der Waals surface area contributed by atoms with Crippen LogP contribution in [0.15, 0.2) is 23.8 Å². The molecule has 0 amide bonds. The van der Waals surface area contributed by atoms with E-state index >= 15 is 8.78 Å². The van der Waals surface area contributed by atoms with Gasteiger partial charge in [-0.1, -0.05) is 59.4 Å². The van der Waals surface area contributed by atoms with Crippen molar-refractivity contribution in [2.75, 3.05) is 5.75 Å². The summed E-state index contributed by atoms with van der Waals surface area (Å²) < 4.78 is 39.2. The molecule has 0 bridgehead atoms. The van der Waals surface area contributed by atoms with E-state index in [1.807, 2.05) is 0 Å². The molecule has 0 aromatic heterocycles. The number of carbonyl (C=O) groups is 4. The lowest BCUT2D eigenvalue weighted by atomic mass is 9.44. The molecule has 0 heterocycles. The van der Waals surface area contributed by atoms with Gasteiger partial charge in [-0.3, -0.25) is 19.2 Å². The van der Waals surface area contributed by atoms with Crippen LogP contribution in [-0.4, -0.2) is 57.1 Å². The van der Waals surface area contributed by atoms with Crippen molar-refractivity contribution in [3.63, 3.8) is 0 Å². The summed E-state index contributed by atoms with van der Waals surface area (Å²) in [6, 6.07) is 0. The maximum atomic E-state index is 17.5. The molecule has 4 rings (SSSR count). The number of aliphatic hydroxyl groups excluding tert-OH is 1. The number of thioether (sulfide) groups is 1. The van der Waals surface area contributed by atoms with Crippen LogP contribution in [0.1, 0.15) is 74.1 Å². The molecule has 9 heteroatoms. The second-order valence-corrected chi connectivity index (χ2v) is 14.3. The molecule has 4 aliphatic carbocycles. The Morgan fingerprint density at radius 3 is 2.41 bits per heavy atom. The van der Waals surface area contributed by atoms with Crippen LogP contribution < -0.4 is 0 Å². The zero-order valence-electron chi connectivity index (χ0n) is 23.8. The van der Waals surface area contributed by atoms with E-state index in [0.717, 1.165) is 17.8 Å². The van der Waals surface area contributed by atoms with Crippen LogP contribution in [-0.2, 0) is 23.9 Å². The third kappa shape index (κ3) is 4.12. The maximum Gasteiger partial charge on any atom is 0.306 e. The summed E-state index contributed by atoms with van der Waals surface area (Å²) in [4.78, 5) is 51.6. The second-order valence-electron chi connectivity index (χ2n) is 13.3. The van der Waals surface area contributed by atoms with Crippen LogP contribution in [0.4, 0.5) is 8.78 Å². The number of hydrogen-bond acceptors (Lipinski definition) is 7. The van der Waals surface area contributed by atoms with Gasteiger partial charge >= 0.3 is 5.97 Å². The van der Waals surface area contributed by atoms with E-state index in [4.69, 9.17) is 4.74 Å². The average Bonchev–Trinajstić information content (AvgIpc) is 3.06. The molecular weight excluding hydrogens is 526 g/mol. The minimum atomic E-state index is -2.30. The number of carbonyl (C=O) groups excluding carboxylic acids is 4. The Bertz CT molecular complexity index is 1160. The summed E-state index contributed by atoms with van der Waals surface area (Å²) in [6.45, 7) is 11.9. The number of esters is 1. The summed E-state index contributed by atoms with van der Waals surface area (Å²) in [5.74, 6) is -3.45. The van der Waals surface area contributed by atoms with Gasteiger partial charge in [0.2, 0.25) is 5.12 Å². The molecule has 39 heavy (non-hydrogen) atoms. The summed E-state index contributed by atoms with van der Waals surface area (Å²) in [5.41, 5.74) is -7.42. The normalized spacial score (nSPS) is 43.2. The topological polar surface area (TPSA) is 97.7 Å². The highest BCUT2D eigenvalue weighted by Crippen LogP contribution is 2.72. The Kier molecular flexibility index (Phi) is 7.41. The minimum Gasteiger partial charge on any atom is -0.449 e. The number of allylic oxidation sites excluding steroid dienone is 4. The van der Waals surface area contributed by atoms with E-state index in [9.17, 15) is 24.3 Å². The molecule has 9 atom stereocenters. The van der Waals surface area contributed by atoms with Crippen molar-refractivity contribution in [1.82, 2.24) is 0 Å². The van der Waals surface area contributed by atoms with Gasteiger partial charge in [0.05, 0.1) is 11.9 Å². The van der Waals surface area contributed by atoms with Gasteiger partial charge in [-0.15, -0.1) is 0 Å². The SMILES string of the molecule is CCC(=O)O[C@]1(C(=O)SCC(=O)C(C)(C)C)[C@H](C)C[C@H]2[C@@H]3C[C@H](F)C4=CC(=O)C=C[C@]4(C)[C@@]3(F)[C@@H](O)C[C@@]21C. The predicted molar refractivity (Wildman–Crippen MR) is 144 cm³/mol. The highest BCUT2D eigenvalue weighted by atomic mass is 32.2. The van der Waals surface area contributed by atoms with Crippen molar-refractivity contribution in [3.8, 4) is 0 Å². The molecule has 3 fully saturated rings. The fourth-order valence-electron chi connectivity index (χ4n) is 7.92. The lowest BCUT2D eigenvalue weighted by Crippen LogP contribution is -2.70. The minimum absolute atomic E-state index is 0.00468. The van der Waals surface area contributed by atoms with Crippen LogP contribution in [0.3, 0.4) is 0 Å². The molecule has 0 unspecified atom stereocenters. The zero-order chi connectivity index (χ0) is 29.3. The standard InChI is InChI=1S/C30H40F2O6S/c1-8-24(36)38-30(25(37)39-15-23(35)26(3,4)5)16(2)11-18-19-13-21(31)20-12-17(33)9-10-27(20,6)29(19,32)22(34)14-28(18,30)7/h9-10,12,16,18-19,21-22,34H,8,11,13-15H2,1-7H3/t16-,18+,19+,21+,22+,27+,28+,29+,30+/m1/s1. The Morgan fingerprint density at radius 1 is 1.18 bits per heavy atom. The summed E-state index contributed by atoms with van der Waals surface area (Å²) in [6.07, 6.45) is 0.323. The smallest absolute Gasteiger partial charge is 0.306 e. The summed E-state index contributed by atoms with van der Waals surface area (Å²) in [5, 5.41) is 11.1. The second kappa shape index (κ2) is 9.61. The van der Waals surface area contributed by atoms with Gasteiger partial charge in [0.1, 0.15) is 12.0 Å². The van der Waals surface area contributed by atoms with E-state index < -0.39 is 74.4 Å². The van der Waals surface area contributed by atoms with Gasteiger partial charge < -0.3 is 9.84 Å². The van der Waals surface area contributed by atoms with Gasteiger partial charge in [0.25, 0.3) is 0 Å². The van der Waals surface area contributed by atoms with Crippen molar-refractivity contribution in [3.05, 3.63) is 23.8 Å². The Balaban J connectivity index is 1.81. The number of ketones is 2. The molecule has 0 aromatic rings. The monoisotopic (exact) mass is 566 g/mol. The van der Waals surface area contributed by atoms with Crippen molar-refractivity contribution in [2.45, 2.75) is 97.7 Å². The highest BCUT2D eigenvalue weighted by Gasteiger charge is 2.78. The van der Waals surface area contributed by atoms with Gasteiger partial charge in [0.15, 0.2) is 17.1 Å². The van der Waals surface area contributed by atoms with E-state index in [1.54, 1.807) is 41.5 Å². The number of alkyl halides is 2. The van der Waals surface area contributed by atoms with E-state index in [2.05, 4.69) is 0 Å². The number of halogens is 2. The first-order valence-electron chi connectivity index (χ1n) is 13.8. The molecule has 6 nitrogen and oxygen atoms in total. The first kappa shape index (κ1) is 30.1. The molecule has 1 N–H and O–H groups in total. The molecule has 0 aliphatic heterocycles. The molecule has 216 valence electrons. The van der Waals surface area contributed by atoms with E-state index in [1.165, 1.54) is 19.1 Å². The fourth-order valence-corrected chi connectivity index (χ4v) is 9.31. The lowest BCUT2D eigenvalue weighted by molar-refractivity contribution is -0.228. The zero-order valence-corrected chi connectivity index (χ0v) is 24.6. The van der Waals surface area contributed by atoms with Crippen molar-refractivity contribution in [2.24, 2.45) is 34.0 Å². The predicted octanol–water partition coefficient (Wildman–Crippen LogP) is 5.12. The number of rotatable bonds is 5. The number of aliphatic hydroxyl groups is 1. The largest absolute Gasteiger partial charge is 0.449 e. The van der Waals surface area contributed by atoms with Crippen LogP contribution in [0.5, 0.6) is 0 Å². The molecule has 4 aliphatic rings. The maximum absolute atomic E-state index is 17.5. The van der Waals surface area contributed by atoms with Gasteiger partial charge in [-0.2, -0.15) is 0 Å². The van der Waals surface area contributed by atoms with Crippen LogP contribution >= 0.6 is 11.8 Å². The molecule has 0 aromatic carbocycles. The Morgan fingerprint density at radius 2 is 1.82 bits per heavy atom. The first-order chi connectivity index (χ1) is 17.9. The van der Waals surface area contributed by atoms with E-state index in [0.29, 0.717) is 0 Å². The quantitative estimate of drug-likeness (QED) is 0.462. The molecule has 0 saturated heterocycles. The Labute approximate surface area is 233 Å². The number of hydrogen-bond donors (Lipinski definition) is 1. The van der Waals surface area contributed by atoms with Crippen molar-refractivity contribution < 1.29 is 37.8 Å². The van der Waals surface area contributed by atoms with Crippen LogP contribution in [0.25, 0.3) is 0 Å². The molecule has 0 radical (unpaired) electrons. The van der Waals surface area contributed by atoms with Gasteiger partial charge in [-0.25, -0.2) is 8.78 Å². The summed E-state index contributed by atoms with van der Waals surface area (Å²) >= 11 is 0.793. The molecule has 0 spiro atoms. The van der Waals surface area contributed by atoms with Crippen molar-refractivity contribution in [1.29, 1.82) is 0 Å². The fraction of sp³-hybridized carbons (Fsp3) is 0.733. The number of fused-ring (bicyclic) bond motifs is 5. The van der Waals surface area contributed by atoms with Gasteiger partial charge in [-0.05, 0) is 49.8 Å². The van der Waals surface area contributed by atoms with Crippen molar-refractivity contribution >= 4 is 34.4 Å². The average molecular weight is 567 g/mol. The first-order valence-corrected chi connectivity index (χ1v) is 14.8. The number of ether oxygens (including phenoxy) is 1. The number of Topliss-reactive ketones (excluding diaryl/α,β-unsaturated/α-hetero) is 1. The van der Waals surface area contributed by atoms with E-state index in [-0.39, 0.29) is 42.8 Å².